The van der Waals surface area contributed by atoms with Gasteiger partial charge in [-0.1, -0.05) is 18.2 Å². The molecule has 1 amide bonds. The highest BCUT2D eigenvalue weighted by Gasteiger charge is 2.28. The Hall–Kier alpha value is -2.96. The number of carbonyl (C=O) groups excluding carboxylic acids is 1. The number of amides is 1. The fraction of sp³-hybridized carbons (Fsp3) is 0.294. The molecule has 4 rings (SSSR count). The number of carbonyl (C=O) groups is 1. The van der Waals surface area contributed by atoms with Crippen LogP contribution in [0.3, 0.4) is 0 Å². The molecule has 1 aliphatic heterocycles. The zero-order valence-electron chi connectivity index (χ0n) is 13.7. The lowest BCUT2D eigenvalue weighted by molar-refractivity contribution is -0.129. The number of hydrogen-bond donors (Lipinski definition) is 0. The third-order valence-corrected chi connectivity index (χ3v) is 4.48. The van der Waals surface area contributed by atoms with Gasteiger partial charge in [-0.2, -0.15) is 5.10 Å². The summed E-state index contributed by atoms with van der Waals surface area (Å²) < 4.78 is 3.82. The molecule has 3 heterocycles. The fourth-order valence-corrected chi connectivity index (χ4v) is 3.21. The maximum absolute atomic E-state index is 11.8. The molecule has 24 heavy (non-hydrogen) atoms. The van der Waals surface area contributed by atoms with Crippen LogP contribution in [0.15, 0.2) is 36.7 Å². The predicted octanol–water partition coefficient (Wildman–Crippen LogP) is 1.57. The number of rotatable bonds is 2. The Morgan fingerprint density at radius 3 is 2.75 bits per heavy atom. The van der Waals surface area contributed by atoms with E-state index in [1.165, 1.54) is 0 Å². The maximum Gasteiger partial charge on any atom is 0.219 e. The van der Waals surface area contributed by atoms with Crippen molar-refractivity contribution in [2.24, 2.45) is 7.05 Å². The third kappa shape index (κ3) is 2.29. The minimum Gasteiger partial charge on any atom is -0.338 e. The molecule has 1 aliphatic rings. The molecule has 0 spiro atoms. The number of fused-ring (bicyclic) bond motifs is 1. The van der Waals surface area contributed by atoms with E-state index in [-0.39, 0.29) is 5.91 Å². The van der Waals surface area contributed by atoms with Crippen molar-refractivity contribution in [2.45, 2.75) is 19.9 Å². The number of aromatic nitrogens is 5. The van der Waals surface area contributed by atoms with Crippen molar-refractivity contribution < 1.29 is 4.79 Å². The first kappa shape index (κ1) is 14.6. The predicted molar refractivity (Wildman–Crippen MR) is 88.4 cm³/mol. The largest absolute Gasteiger partial charge is 0.338 e. The van der Waals surface area contributed by atoms with E-state index in [2.05, 4.69) is 15.3 Å². The minimum absolute atomic E-state index is 0.0833. The summed E-state index contributed by atoms with van der Waals surface area (Å²) in [4.78, 5) is 13.6. The topological polar surface area (TPSA) is 68.8 Å². The van der Waals surface area contributed by atoms with Crippen LogP contribution in [0.1, 0.15) is 18.2 Å². The van der Waals surface area contributed by atoms with Gasteiger partial charge in [-0.15, -0.1) is 10.2 Å². The lowest BCUT2D eigenvalue weighted by atomic mass is 10.0. The summed E-state index contributed by atoms with van der Waals surface area (Å²) in [6, 6.07) is 9.93. The Bertz CT molecular complexity index is 895. The van der Waals surface area contributed by atoms with Gasteiger partial charge in [-0.25, -0.2) is 0 Å². The van der Waals surface area contributed by atoms with Crippen LogP contribution < -0.4 is 0 Å². The lowest BCUT2D eigenvalue weighted by Crippen LogP contribution is -2.34. The van der Waals surface area contributed by atoms with Crippen LogP contribution >= 0.6 is 0 Å². The molecule has 1 aromatic carbocycles. The van der Waals surface area contributed by atoms with Crippen molar-refractivity contribution in [3.05, 3.63) is 47.9 Å². The van der Waals surface area contributed by atoms with Crippen LogP contribution in [0.4, 0.5) is 0 Å². The van der Waals surface area contributed by atoms with Gasteiger partial charge in [0.1, 0.15) is 12.0 Å². The van der Waals surface area contributed by atoms with E-state index in [1.54, 1.807) is 13.3 Å². The van der Waals surface area contributed by atoms with Gasteiger partial charge >= 0.3 is 0 Å². The Morgan fingerprint density at radius 1 is 1.21 bits per heavy atom. The molecule has 0 radical (unpaired) electrons. The molecular formula is C17H18N6O. The van der Waals surface area contributed by atoms with E-state index in [1.807, 2.05) is 51.5 Å². The van der Waals surface area contributed by atoms with Crippen molar-refractivity contribution in [3.8, 4) is 17.2 Å². The van der Waals surface area contributed by atoms with Crippen LogP contribution in [0.2, 0.25) is 0 Å². The first-order chi connectivity index (χ1) is 11.6. The van der Waals surface area contributed by atoms with Gasteiger partial charge in [-0.05, 0) is 12.1 Å². The van der Waals surface area contributed by atoms with Gasteiger partial charge in [0.2, 0.25) is 5.91 Å². The number of benzene rings is 1. The third-order valence-electron chi connectivity index (χ3n) is 4.48. The molecule has 3 aromatic rings. The molecule has 2 aromatic heterocycles. The highest BCUT2D eigenvalue weighted by Crippen LogP contribution is 2.29. The summed E-state index contributed by atoms with van der Waals surface area (Å²) in [6.45, 7) is 2.90. The van der Waals surface area contributed by atoms with E-state index < -0.39 is 0 Å². The van der Waals surface area contributed by atoms with Gasteiger partial charge in [0.15, 0.2) is 5.82 Å². The van der Waals surface area contributed by atoms with Crippen molar-refractivity contribution in [1.82, 2.24) is 29.4 Å². The van der Waals surface area contributed by atoms with Gasteiger partial charge in [-0.3, -0.25) is 14.0 Å². The van der Waals surface area contributed by atoms with Gasteiger partial charge in [0, 0.05) is 50.4 Å². The van der Waals surface area contributed by atoms with E-state index in [0.29, 0.717) is 12.4 Å². The second-order valence-corrected chi connectivity index (χ2v) is 5.95. The molecule has 122 valence electrons. The average molecular weight is 322 g/mol. The molecule has 0 saturated carbocycles. The molecule has 0 saturated heterocycles. The van der Waals surface area contributed by atoms with E-state index in [4.69, 9.17) is 0 Å². The lowest BCUT2D eigenvalue weighted by Gasteiger charge is -2.26. The fourth-order valence-electron chi connectivity index (χ4n) is 3.21. The molecule has 0 unspecified atom stereocenters. The highest BCUT2D eigenvalue weighted by molar-refractivity contribution is 5.74. The SMILES string of the molecule is CC(=O)N1CCc2c(c(-c3nncn3-c3ccccc3)nn2C)C1. The molecular weight excluding hydrogens is 304 g/mol. The zero-order valence-corrected chi connectivity index (χ0v) is 13.7. The van der Waals surface area contributed by atoms with Crippen LogP contribution in [-0.2, 0) is 24.8 Å². The maximum atomic E-state index is 11.8. The van der Waals surface area contributed by atoms with Crippen molar-refractivity contribution in [3.63, 3.8) is 0 Å². The van der Waals surface area contributed by atoms with Crippen LogP contribution in [0.5, 0.6) is 0 Å². The number of para-hydroxylation sites is 1. The van der Waals surface area contributed by atoms with Gasteiger partial charge < -0.3 is 4.90 Å². The number of aryl methyl sites for hydroxylation is 1. The van der Waals surface area contributed by atoms with E-state index in [0.717, 1.165) is 35.6 Å². The highest BCUT2D eigenvalue weighted by atomic mass is 16.2. The monoisotopic (exact) mass is 322 g/mol. The normalized spacial score (nSPS) is 13.8. The molecule has 0 bridgehead atoms. The van der Waals surface area contributed by atoms with E-state index in [9.17, 15) is 4.79 Å². The van der Waals surface area contributed by atoms with Crippen LogP contribution in [0.25, 0.3) is 17.2 Å². The molecule has 0 N–H and O–H groups in total. The Kier molecular flexibility index (Phi) is 3.41. The van der Waals surface area contributed by atoms with E-state index >= 15 is 0 Å². The van der Waals surface area contributed by atoms with Gasteiger partial charge in [0.25, 0.3) is 0 Å². The average Bonchev–Trinajstić information content (AvgIpc) is 3.20. The zero-order chi connectivity index (χ0) is 16.7. The Morgan fingerprint density at radius 2 is 2.00 bits per heavy atom. The molecule has 0 aliphatic carbocycles. The summed E-state index contributed by atoms with van der Waals surface area (Å²) >= 11 is 0. The number of hydrogen-bond acceptors (Lipinski definition) is 4. The van der Waals surface area contributed by atoms with Crippen molar-refractivity contribution >= 4 is 5.91 Å². The summed E-state index contributed by atoms with van der Waals surface area (Å²) in [5.41, 5.74) is 3.99. The molecule has 7 nitrogen and oxygen atoms in total. The summed E-state index contributed by atoms with van der Waals surface area (Å²) in [6.07, 6.45) is 2.50. The number of nitrogens with zero attached hydrogens (tertiary/aromatic N) is 6. The van der Waals surface area contributed by atoms with Crippen LogP contribution in [-0.4, -0.2) is 41.9 Å². The minimum atomic E-state index is 0.0833. The first-order valence-corrected chi connectivity index (χ1v) is 7.91. The first-order valence-electron chi connectivity index (χ1n) is 7.91. The summed E-state index contributed by atoms with van der Waals surface area (Å²) in [7, 11) is 1.94. The summed E-state index contributed by atoms with van der Waals surface area (Å²) in [5.74, 6) is 0.781. The van der Waals surface area contributed by atoms with Crippen molar-refractivity contribution in [2.75, 3.05) is 6.54 Å². The quantitative estimate of drug-likeness (QED) is 0.718. The Labute approximate surface area is 139 Å². The van der Waals surface area contributed by atoms with Crippen LogP contribution in [0, 0.1) is 0 Å². The molecule has 0 atom stereocenters. The summed E-state index contributed by atoms with van der Waals surface area (Å²) in [5, 5.41) is 13.0. The molecule has 0 fully saturated rings. The smallest absolute Gasteiger partial charge is 0.219 e. The van der Waals surface area contributed by atoms with Gasteiger partial charge in [0.05, 0.1) is 0 Å². The Balaban J connectivity index is 1.83. The van der Waals surface area contributed by atoms with Crippen molar-refractivity contribution in [1.29, 1.82) is 0 Å². The standard InChI is InChI=1S/C17H18N6O/c1-12(24)22-9-8-15-14(10-22)16(20-21(15)2)17-19-18-11-23(17)13-6-4-3-5-7-13/h3-7,11H,8-10H2,1-2H3. The second-order valence-electron chi connectivity index (χ2n) is 5.95. The second kappa shape index (κ2) is 5.59. The molecule has 7 heteroatoms.